The van der Waals surface area contributed by atoms with E-state index in [2.05, 4.69) is 13.2 Å². The predicted octanol–water partition coefficient (Wildman–Crippen LogP) is 0.272. The van der Waals surface area contributed by atoms with Gasteiger partial charge in [-0.25, -0.2) is 0 Å². The van der Waals surface area contributed by atoms with Crippen molar-refractivity contribution in [3.63, 3.8) is 0 Å². The third-order valence-electron chi connectivity index (χ3n) is 0. The molecule has 0 unspecified atom stereocenters. The number of carboxylic acid groups (broad SMARTS) is 1. The molecule has 0 saturated heterocycles. The van der Waals surface area contributed by atoms with Crippen LogP contribution in [0.1, 0.15) is 20.8 Å². The topological polar surface area (TPSA) is 106 Å². The summed E-state index contributed by atoms with van der Waals surface area (Å²) >= 11 is 0. The Balaban J connectivity index is -0.0000000220. The van der Waals surface area contributed by atoms with Gasteiger partial charge in [0.15, 0.2) is 0 Å². The molecule has 0 aliphatic rings. The Labute approximate surface area is 79.0 Å². The SMILES string of the molecule is C=C.CC(=O)O.CC=O.CCO.O. The van der Waals surface area contributed by atoms with Crippen molar-refractivity contribution in [3.05, 3.63) is 13.2 Å². The number of aliphatic hydroxyl groups is 1. The maximum atomic E-state index is 9.00. The average molecular weight is 196 g/mol. The summed E-state index contributed by atoms with van der Waals surface area (Å²) in [6.45, 7) is 10.5. The monoisotopic (exact) mass is 196 g/mol. The van der Waals surface area contributed by atoms with E-state index in [1.54, 1.807) is 6.92 Å². The Hall–Kier alpha value is -1.20. The molecule has 0 spiro atoms. The molecule has 0 aliphatic heterocycles. The molecule has 0 saturated carbocycles. The van der Waals surface area contributed by atoms with Crippen molar-refractivity contribution in [2.75, 3.05) is 6.61 Å². The summed E-state index contributed by atoms with van der Waals surface area (Å²) in [7, 11) is 0. The van der Waals surface area contributed by atoms with Crippen molar-refractivity contribution in [2.24, 2.45) is 0 Å². The Kier molecular flexibility index (Phi) is 164. The lowest BCUT2D eigenvalue weighted by molar-refractivity contribution is -0.134. The number of carbonyl (C=O) groups excluding carboxylic acids is 1. The molecule has 82 valence electrons. The zero-order chi connectivity index (χ0) is 11.0. The van der Waals surface area contributed by atoms with Crippen LogP contribution in [0.15, 0.2) is 13.2 Å². The first-order valence-electron chi connectivity index (χ1n) is 3.26. The molecule has 0 radical (unpaired) electrons. The molecule has 0 aliphatic carbocycles. The number of carboxylic acids is 1. The second-order valence-electron chi connectivity index (χ2n) is 1.07. The van der Waals surface area contributed by atoms with Gasteiger partial charge in [-0.05, 0) is 13.8 Å². The van der Waals surface area contributed by atoms with Crippen molar-refractivity contribution >= 4 is 12.3 Å². The molecule has 5 nitrogen and oxygen atoms in total. The van der Waals surface area contributed by atoms with Gasteiger partial charge >= 0.3 is 0 Å². The summed E-state index contributed by atoms with van der Waals surface area (Å²) < 4.78 is 0. The van der Waals surface area contributed by atoms with Crippen molar-refractivity contribution in [2.45, 2.75) is 20.8 Å². The Morgan fingerprint density at radius 3 is 1.46 bits per heavy atom. The molecule has 5 heteroatoms. The van der Waals surface area contributed by atoms with E-state index in [0.717, 1.165) is 13.2 Å². The summed E-state index contributed by atoms with van der Waals surface area (Å²) in [5.41, 5.74) is 0. The van der Waals surface area contributed by atoms with E-state index < -0.39 is 5.97 Å². The highest BCUT2D eigenvalue weighted by Gasteiger charge is 1.65. The number of rotatable bonds is 0. The summed E-state index contributed by atoms with van der Waals surface area (Å²) in [6, 6.07) is 0. The second-order valence-corrected chi connectivity index (χ2v) is 1.07. The first-order chi connectivity index (χ1) is 5.56. The van der Waals surface area contributed by atoms with Crippen LogP contribution in [-0.2, 0) is 9.59 Å². The Morgan fingerprint density at radius 2 is 1.46 bits per heavy atom. The highest BCUT2D eigenvalue weighted by atomic mass is 16.4. The van der Waals surface area contributed by atoms with Crippen LogP contribution in [-0.4, -0.2) is 34.6 Å². The number of aliphatic carboxylic acids is 1. The first-order valence-corrected chi connectivity index (χ1v) is 3.26. The number of hydrogen-bond donors (Lipinski definition) is 2. The summed E-state index contributed by atoms with van der Waals surface area (Å²) in [5.74, 6) is -0.833. The fourth-order valence-electron chi connectivity index (χ4n) is 0. The van der Waals surface area contributed by atoms with Gasteiger partial charge in [0, 0.05) is 13.5 Å². The van der Waals surface area contributed by atoms with Gasteiger partial charge in [-0.3, -0.25) is 4.79 Å². The summed E-state index contributed by atoms with van der Waals surface area (Å²) in [4.78, 5) is 17.8. The lowest BCUT2D eigenvalue weighted by Crippen LogP contribution is -1.78. The van der Waals surface area contributed by atoms with Crippen LogP contribution in [0.4, 0.5) is 0 Å². The first kappa shape index (κ1) is 29.8. The fraction of sp³-hybridized carbons (Fsp3) is 0.500. The molecule has 0 heterocycles. The van der Waals surface area contributed by atoms with Crippen LogP contribution in [0.3, 0.4) is 0 Å². The van der Waals surface area contributed by atoms with Gasteiger partial charge in [0.2, 0.25) is 0 Å². The molecular weight excluding hydrogens is 176 g/mol. The van der Waals surface area contributed by atoms with Crippen LogP contribution >= 0.6 is 0 Å². The number of hydrogen-bond acceptors (Lipinski definition) is 3. The zero-order valence-corrected chi connectivity index (χ0v) is 8.41. The van der Waals surface area contributed by atoms with Gasteiger partial charge in [-0.2, -0.15) is 0 Å². The van der Waals surface area contributed by atoms with Crippen molar-refractivity contribution < 1.29 is 25.3 Å². The number of aliphatic hydroxyl groups excluding tert-OH is 1. The van der Waals surface area contributed by atoms with Crippen molar-refractivity contribution in [1.29, 1.82) is 0 Å². The predicted molar refractivity (Wildman–Crippen MR) is 52.7 cm³/mol. The highest BCUT2D eigenvalue weighted by molar-refractivity contribution is 5.62. The van der Waals surface area contributed by atoms with Gasteiger partial charge in [0.25, 0.3) is 5.97 Å². The van der Waals surface area contributed by atoms with Gasteiger partial charge in [0.1, 0.15) is 6.29 Å². The lowest BCUT2D eigenvalue weighted by Gasteiger charge is -1.59. The molecule has 0 rings (SSSR count). The summed E-state index contributed by atoms with van der Waals surface area (Å²) in [5, 5.41) is 15.0. The molecule has 0 fully saturated rings. The van der Waals surface area contributed by atoms with E-state index in [4.69, 9.17) is 19.8 Å². The lowest BCUT2D eigenvalue weighted by atomic mass is 10.9. The van der Waals surface area contributed by atoms with Crippen LogP contribution in [0.2, 0.25) is 0 Å². The van der Waals surface area contributed by atoms with Crippen molar-refractivity contribution in [3.8, 4) is 0 Å². The van der Waals surface area contributed by atoms with E-state index >= 15 is 0 Å². The molecule has 13 heavy (non-hydrogen) atoms. The van der Waals surface area contributed by atoms with Gasteiger partial charge in [0.05, 0.1) is 0 Å². The molecule has 0 amide bonds. The second kappa shape index (κ2) is 71.8. The van der Waals surface area contributed by atoms with Crippen LogP contribution in [0.5, 0.6) is 0 Å². The minimum atomic E-state index is -0.833. The maximum Gasteiger partial charge on any atom is 0.300 e. The standard InChI is InChI=1S/C2H4O2.C2H6O.C2H4O.C2H4.H2O/c1-2(3)4;2*1-2-3;1-2;/h1H3,(H,3,4);3H,2H2,1H3;2H,1H3;1-2H2;1H2. The maximum absolute atomic E-state index is 9.00. The minimum absolute atomic E-state index is 0. The fourth-order valence-corrected chi connectivity index (χ4v) is 0. The third kappa shape index (κ3) is 581. The van der Waals surface area contributed by atoms with E-state index in [9.17, 15) is 0 Å². The van der Waals surface area contributed by atoms with E-state index in [-0.39, 0.29) is 12.1 Å². The van der Waals surface area contributed by atoms with Crippen molar-refractivity contribution in [1.82, 2.24) is 0 Å². The Morgan fingerprint density at radius 1 is 1.46 bits per heavy atom. The zero-order valence-electron chi connectivity index (χ0n) is 8.41. The largest absolute Gasteiger partial charge is 0.481 e. The quantitative estimate of drug-likeness (QED) is 0.428. The highest BCUT2D eigenvalue weighted by Crippen LogP contribution is 1.42. The molecule has 0 aromatic carbocycles. The van der Waals surface area contributed by atoms with Gasteiger partial charge in [-0.15, -0.1) is 13.2 Å². The van der Waals surface area contributed by atoms with E-state index in [1.807, 2.05) is 0 Å². The van der Waals surface area contributed by atoms with E-state index in [0.29, 0.717) is 0 Å². The molecule has 0 aromatic heterocycles. The molecule has 0 bridgehead atoms. The molecule has 0 aromatic rings. The Bertz CT molecular complexity index is 78.6. The minimum Gasteiger partial charge on any atom is -0.481 e. The van der Waals surface area contributed by atoms with E-state index in [1.165, 1.54) is 6.92 Å². The number of carbonyl (C=O) groups is 2. The third-order valence-corrected chi connectivity index (χ3v) is 0. The number of aldehydes is 1. The summed E-state index contributed by atoms with van der Waals surface area (Å²) in [6.07, 6.45) is 0.750. The van der Waals surface area contributed by atoms with Gasteiger partial charge < -0.3 is 20.5 Å². The average Bonchev–Trinajstić information content (AvgIpc) is 1.92. The van der Waals surface area contributed by atoms with Crippen LogP contribution < -0.4 is 0 Å². The molecule has 4 N–H and O–H groups in total. The van der Waals surface area contributed by atoms with Gasteiger partial charge in [-0.1, -0.05) is 0 Å². The van der Waals surface area contributed by atoms with Crippen LogP contribution in [0.25, 0.3) is 0 Å². The van der Waals surface area contributed by atoms with Crippen LogP contribution in [0, 0.1) is 0 Å². The molecular formula is C8H20O5. The smallest absolute Gasteiger partial charge is 0.300 e. The molecule has 0 atom stereocenters. The normalized spacial score (nSPS) is 4.62.